The van der Waals surface area contributed by atoms with Gasteiger partial charge in [0.05, 0.1) is 44.3 Å². The minimum atomic E-state index is -1.24. The number of methoxy groups -OCH3 is 1. The summed E-state index contributed by atoms with van der Waals surface area (Å²) in [6.45, 7) is 8.38. The molecule has 0 bridgehead atoms. The molecule has 8 heteroatoms. The SMILES string of the molecule is C=CC(F)[C@@H]1C[C@H](C)[C@H](CO[C@H]2CCC3C(C)C3C2)N1C(=O)OC.Fc1cncnc1. The zero-order valence-corrected chi connectivity index (χ0v) is 18.5. The predicted octanol–water partition coefficient (Wildman–Crippen LogP) is 4.42. The van der Waals surface area contributed by atoms with Gasteiger partial charge in [0.25, 0.3) is 0 Å². The fraction of sp³-hybridized carbons (Fsp3) is 0.696. The van der Waals surface area contributed by atoms with Crippen LogP contribution in [0.2, 0.25) is 0 Å². The van der Waals surface area contributed by atoms with E-state index in [0.717, 1.165) is 43.0 Å². The van der Waals surface area contributed by atoms with E-state index >= 15 is 0 Å². The molecule has 1 saturated heterocycles. The van der Waals surface area contributed by atoms with Crippen LogP contribution in [0.5, 0.6) is 0 Å². The van der Waals surface area contributed by atoms with E-state index < -0.39 is 24.1 Å². The van der Waals surface area contributed by atoms with Gasteiger partial charge < -0.3 is 9.47 Å². The van der Waals surface area contributed by atoms with Crippen molar-refractivity contribution < 1.29 is 23.0 Å². The van der Waals surface area contributed by atoms with Crippen LogP contribution in [0.25, 0.3) is 0 Å². The molecule has 0 N–H and O–H groups in total. The van der Waals surface area contributed by atoms with Gasteiger partial charge in [0.15, 0.2) is 5.82 Å². The van der Waals surface area contributed by atoms with E-state index in [-0.39, 0.29) is 18.1 Å². The monoisotopic (exact) mass is 437 g/mol. The van der Waals surface area contributed by atoms with E-state index in [4.69, 9.17) is 9.47 Å². The summed E-state index contributed by atoms with van der Waals surface area (Å²) in [5, 5.41) is 0. The second-order valence-corrected chi connectivity index (χ2v) is 8.92. The second kappa shape index (κ2) is 10.5. The number of aromatic nitrogens is 2. The number of nitrogens with zero attached hydrogens (tertiary/aromatic N) is 3. The molecule has 3 aliphatic rings. The van der Waals surface area contributed by atoms with Crippen LogP contribution in [0.1, 0.15) is 39.5 Å². The Labute approximate surface area is 183 Å². The largest absolute Gasteiger partial charge is 0.453 e. The lowest BCUT2D eigenvalue weighted by Crippen LogP contribution is -2.47. The van der Waals surface area contributed by atoms with Crippen molar-refractivity contribution in [2.75, 3.05) is 13.7 Å². The molecular weight excluding hydrogens is 404 g/mol. The summed E-state index contributed by atoms with van der Waals surface area (Å²) in [6, 6.07) is -0.632. The summed E-state index contributed by atoms with van der Waals surface area (Å²) in [7, 11) is 1.34. The smallest absolute Gasteiger partial charge is 0.410 e. The Morgan fingerprint density at radius 1 is 1.29 bits per heavy atom. The summed E-state index contributed by atoms with van der Waals surface area (Å²) in [4.78, 5) is 20.5. The van der Waals surface area contributed by atoms with Gasteiger partial charge in [-0.05, 0) is 49.4 Å². The van der Waals surface area contributed by atoms with Gasteiger partial charge in [-0.25, -0.2) is 23.5 Å². The molecule has 1 amide bonds. The van der Waals surface area contributed by atoms with E-state index in [1.807, 2.05) is 0 Å². The van der Waals surface area contributed by atoms with Gasteiger partial charge in [-0.3, -0.25) is 4.90 Å². The molecule has 4 rings (SSSR count). The second-order valence-electron chi connectivity index (χ2n) is 8.92. The van der Waals surface area contributed by atoms with Crippen LogP contribution < -0.4 is 0 Å². The third kappa shape index (κ3) is 5.59. The highest BCUT2D eigenvalue weighted by Crippen LogP contribution is 2.55. The molecule has 172 valence electrons. The first kappa shape index (κ1) is 23.6. The summed E-state index contributed by atoms with van der Waals surface area (Å²) in [5.41, 5.74) is 0. The Morgan fingerprint density at radius 3 is 2.55 bits per heavy atom. The summed E-state index contributed by atoms with van der Waals surface area (Å²) in [6.07, 6.45) is 7.43. The number of ether oxygens (including phenoxy) is 2. The fourth-order valence-corrected chi connectivity index (χ4v) is 5.20. The molecule has 1 aliphatic heterocycles. The highest BCUT2D eigenvalue weighted by molar-refractivity contribution is 5.69. The van der Waals surface area contributed by atoms with Crippen LogP contribution in [-0.2, 0) is 9.47 Å². The Balaban J connectivity index is 0.000000330. The van der Waals surface area contributed by atoms with Crippen molar-refractivity contribution >= 4 is 6.09 Å². The van der Waals surface area contributed by atoms with Gasteiger partial charge in [0, 0.05) is 0 Å². The standard InChI is InChI=1S/C19H30FNO3.C4H3FN2/c1-5-16(20)17-8-11(2)18(21(17)19(22)23-4)10-24-13-6-7-14-12(3)15(14)9-13;5-4-1-6-3-7-2-4/h5,11-18H,1,6-10H2,2-4H3;1-3H/t11-,12?,13-,14?,15?,16?,17-,18-;/m0./s1. The minimum Gasteiger partial charge on any atom is -0.453 e. The maximum atomic E-state index is 14.2. The van der Waals surface area contributed by atoms with Crippen LogP contribution >= 0.6 is 0 Å². The lowest BCUT2D eigenvalue weighted by Gasteiger charge is -2.32. The van der Waals surface area contributed by atoms with Crippen LogP contribution in [0, 0.1) is 29.5 Å². The van der Waals surface area contributed by atoms with E-state index in [2.05, 4.69) is 30.4 Å². The maximum absolute atomic E-state index is 14.2. The van der Waals surface area contributed by atoms with E-state index in [1.54, 1.807) is 4.90 Å². The topological polar surface area (TPSA) is 64.5 Å². The molecule has 2 saturated carbocycles. The number of carbonyl (C=O) groups is 1. The molecule has 0 spiro atoms. The number of hydrogen-bond donors (Lipinski definition) is 0. The molecule has 1 aromatic rings. The van der Waals surface area contributed by atoms with Crippen molar-refractivity contribution in [3.63, 3.8) is 0 Å². The average molecular weight is 438 g/mol. The number of likely N-dealkylation sites (tertiary alicyclic amines) is 1. The number of amides is 1. The van der Waals surface area contributed by atoms with Crippen molar-refractivity contribution in [3.8, 4) is 0 Å². The normalized spacial score (nSPS) is 34.7. The number of alkyl halides is 1. The van der Waals surface area contributed by atoms with E-state index in [1.165, 1.54) is 25.9 Å². The fourth-order valence-electron chi connectivity index (χ4n) is 5.20. The molecule has 1 aromatic heterocycles. The molecule has 2 heterocycles. The zero-order valence-electron chi connectivity index (χ0n) is 18.5. The minimum absolute atomic E-state index is 0.130. The first-order valence-corrected chi connectivity index (χ1v) is 11.0. The molecule has 8 atom stereocenters. The molecule has 31 heavy (non-hydrogen) atoms. The van der Waals surface area contributed by atoms with E-state index in [0.29, 0.717) is 13.0 Å². The van der Waals surface area contributed by atoms with Gasteiger partial charge in [0.2, 0.25) is 0 Å². The van der Waals surface area contributed by atoms with E-state index in [9.17, 15) is 13.6 Å². The van der Waals surface area contributed by atoms with Crippen LogP contribution in [0.3, 0.4) is 0 Å². The zero-order chi connectivity index (χ0) is 22.5. The predicted molar refractivity (Wildman–Crippen MR) is 112 cm³/mol. The number of halogens is 2. The molecular formula is C23H33F2N3O3. The highest BCUT2D eigenvalue weighted by Gasteiger charge is 2.50. The quantitative estimate of drug-likeness (QED) is 0.638. The molecule has 4 unspecified atom stereocenters. The van der Waals surface area contributed by atoms with Crippen LogP contribution in [0.4, 0.5) is 13.6 Å². The van der Waals surface area contributed by atoms with Crippen molar-refractivity contribution in [3.05, 3.63) is 37.2 Å². The van der Waals surface area contributed by atoms with Gasteiger partial charge in [-0.1, -0.05) is 19.9 Å². The summed E-state index contributed by atoms with van der Waals surface area (Å²) >= 11 is 0. The molecule has 3 fully saturated rings. The van der Waals surface area contributed by atoms with Gasteiger partial charge in [-0.15, -0.1) is 6.58 Å². The lowest BCUT2D eigenvalue weighted by molar-refractivity contribution is -0.0143. The molecule has 2 aliphatic carbocycles. The van der Waals surface area contributed by atoms with Crippen LogP contribution in [0.15, 0.2) is 31.4 Å². The van der Waals surface area contributed by atoms with Gasteiger partial charge in [-0.2, -0.15) is 0 Å². The maximum Gasteiger partial charge on any atom is 0.410 e. The summed E-state index contributed by atoms with van der Waals surface area (Å²) < 4.78 is 37.1. The average Bonchev–Trinajstić information content (AvgIpc) is 3.30. The molecule has 0 radical (unpaired) electrons. The number of hydrogen-bond acceptors (Lipinski definition) is 5. The Morgan fingerprint density at radius 2 is 2.00 bits per heavy atom. The number of carbonyl (C=O) groups excluding carboxylic acids is 1. The Bertz CT molecular complexity index is 738. The lowest BCUT2D eigenvalue weighted by atomic mass is 9.97. The summed E-state index contributed by atoms with van der Waals surface area (Å²) in [5.74, 6) is 2.36. The van der Waals surface area contributed by atoms with Crippen LogP contribution in [-0.4, -0.2) is 59.0 Å². The van der Waals surface area contributed by atoms with Gasteiger partial charge >= 0.3 is 6.09 Å². The first-order chi connectivity index (χ1) is 14.9. The van der Waals surface area contributed by atoms with Crippen molar-refractivity contribution in [1.29, 1.82) is 0 Å². The van der Waals surface area contributed by atoms with Gasteiger partial charge in [0.1, 0.15) is 12.5 Å². The van der Waals surface area contributed by atoms with Crippen molar-refractivity contribution in [2.24, 2.45) is 23.7 Å². The number of fused-ring (bicyclic) bond motifs is 1. The molecule has 0 aromatic carbocycles. The third-order valence-electron chi connectivity index (χ3n) is 7.11. The third-order valence-corrected chi connectivity index (χ3v) is 7.11. The number of rotatable bonds is 5. The van der Waals surface area contributed by atoms with Crippen molar-refractivity contribution in [1.82, 2.24) is 14.9 Å². The molecule has 6 nitrogen and oxygen atoms in total. The Hall–Kier alpha value is -2.09. The Kier molecular flexibility index (Phi) is 7.97. The highest BCUT2D eigenvalue weighted by atomic mass is 19.1. The van der Waals surface area contributed by atoms with Crippen molar-refractivity contribution in [2.45, 2.75) is 63.9 Å². The first-order valence-electron chi connectivity index (χ1n) is 11.0.